The van der Waals surface area contributed by atoms with E-state index in [-0.39, 0.29) is 28.1 Å². The van der Waals surface area contributed by atoms with E-state index in [4.69, 9.17) is 11.6 Å². The molecule has 2 heterocycles. The Morgan fingerprint density at radius 3 is 2.44 bits per heavy atom. The van der Waals surface area contributed by atoms with Gasteiger partial charge in [-0.2, -0.15) is 13.2 Å². The summed E-state index contributed by atoms with van der Waals surface area (Å²) in [5.74, 6) is -0.00662. The highest BCUT2D eigenvalue weighted by Crippen LogP contribution is 2.34. The van der Waals surface area contributed by atoms with Crippen molar-refractivity contribution in [1.29, 1.82) is 0 Å². The largest absolute Gasteiger partial charge is 0.416 e. The molecule has 1 aromatic carbocycles. The van der Waals surface area contributed by atoms with Crippen molar-refractivity contribution in [2.45, 2.75) is 19.0 Å². The second-order valence-corrected chi connectivity index (χ2v) is 6.03. The summed E-state index contributed by atoms with van der Waals surface area (Å²) >= 11 is 5.93. The lowest BCUT2D eigenvalue weighted by Crippen LogP contribution is -2.28. The molecule has 1 saturated heterocycles. The monoisotopic (exact) mass is 370 g/mol. The van der Waals surface area contributed by atoms with Crippen LogP contribution in [0.15, 0.2) is 30.3 Å². The van der Waals surface area contributed by atoms with Crippen LogP contribution in [0.25, 0.3) is 0 Å². The topological polar surface area (TPSA) is 58.1 Å². The van der Waals surface area contributed by atoms with E-state index in [0.717, 1.165) is 31.0 Å². The Kier molecular flexibility index (Phi) is 4.80. The molecule has 5 nitrogen and oxygen atoms in total. The van der Waals surface area contributed by atoms with Crippen molar-refractivity contribution in [3.63, 3.8) is 0 Å². The molecule has 132 valence electrons. The van der Waals surface area contributed by atoms with Crippen LogP contribution in [-0.4, -0.2) is 34.1 Å². The maximum absolute atomic E-state index is 12.8. The molecule has 9 heteroatoms. The number of aromatic nitrogens is 2. The number of benzene rings is 1. The summed E-state index contributed by atoms with van der Waals surface area (Å²) in [6.45, 7) is 1.39. The van der Waals surface area contributed by atoms with Gasteiger partial charge in [0.2, 0.25) is 0 Å². The second kappa shape index (κ2) is 6.87. The molecule has 0 atom stereocenters. The van der Waals surface area contributed by atoms with Gasteiger partial charge in [0.25, 0.3) is 5.91 Å². The Morgan fingerprint density at radius 1 is 1.12 bits per heavy atom. The lowest BCUT2D eigenvalue weighted by Gasteiger charge is -2.14. The third-order valence-electron chi connectivity index (χ3n) is 3.83. The van der Waals surface area contributed by atoms with Crippen LogP contribution < -0.4 is 5.32 Å². The number of alkyl halides is 3. The molecule has 0 spiro atoms. The molecule has 25 heavy (non-hydrogen) atoms. The highest BCUT2D eigenvalue weighted by molar-refractivity contribution is 6.33. The number of likely N-dealkylation sites (tertiary alicyclic amines) is 1. The summed E-state index contributed by atoms with van der Waals surface area (Å²) in [5.41, 5.74) is -0.569. The smallest absolute Gasteiger partial charge is 0.338 e. The molecule has 1 fully saturated rings. The third-order valence-corrected chi connectivity index (χ3v) is 4.16. The Balaban J connectivity index is 1.76. The summed E-state index contributed by atoms with van der Waals surface area (Å²) in [7, 11) is 0. The van der Waals surface area contributed by atoms with E-state index < -0.39 is 11.7 Å². The van der Waals surface area contributed by atoms with Gasteiger partial charge < -0.3 is 10.2 Å². The average Bonchev–Trinajstić information content (AvgIpc) is 3.10. The van der Waals surface area contributed by atoms with Crippen LogP contribution in [0.5, 0.6) is 0 Å². The number of hydrogen-bond acceptors (Lipinski definition) is 4. The molecule has 3 rings (SSSR count). The maximum atomic E-state index is 12.8. The Bertz CT molecular complexity index is 774. The van der Waals surface area contributed by atoms with Crippen molar-refractivity contribution in [2.75, 3.05) is 18.4 Å². The fourth-order valence-corrected chi connectivity index (χ4v) is 2.70. The minimum absolute atomic E-state index is 0.0596. The first-order chi connectivity index (χ1) is 11.8. The van der Waals surface area contributed by atoms with E-state index in [9.17, 15) is 18.0 Å². The van der Waals surface area contributed by atoms with Gasteiger partial charge in [0.05, 0.1) is 16.3 Å². The third kappa shape index (κ3) is 4.01. The number of nitrogens with zero attached hydrogens (tertiary/aromatic N) is 3. The average molecular weight is 371 g/mol. The summed E-state index contributed by atoms with van der Waals surface area (Å²) < 4.78 is 38.4. The van der Waals surface area contributed by atoms with Gasteiger partial charge in [0.15, 0.2) is 11.5 Å². The fourth-order valence-electron chi connectivity index (χ4n) is 2.53. The van der Waals surface area contributed by atoms with Gasteiger partial charge in [0.1, 0.15) is 0 Å². The standard InChI is InChI=1S/C16H14ClF3N4O/c17-11-4-3-10(16(18,19)20)9-13(11)21-14-6-5-12(22-23-14)15(25)24-7-1-2-8-24/h3-6,9H,1-2,7-8H2,(H,21,23). The van der Waals surface area contributed by atoms with Gasteiger partial charge in [0, 0.05) is 13.1 Å². The minimum Gasteiger partial charge on any atom is -0.338 e. The number of amides is 1. The fraction of sp³-hybridized carbons (Fsp3) is 0.312. The SMILES string of the molecule is O=C(c1ccc(Nc2cc(C(F)(F)F)ccc2Cl)nn1)N1CCCC1. The first-order valence-electron chi connectivity index (χ1n) is 7.61. The molecular formula is C16H14ClF3N4O. The molecule has 1 N–H and O–H groups in total. The van der Waals surface area contributed by atoms with Crippen LogP contribution in [0, 0.1) is 0 Å². The number of halogens is 4. The van der Waals surface area contributed by atoms with Crippen LogP contribution in [0.1, 0.15) is 28.9 Å². The Labute approximate surface area is 146 Å². The zero-order chi connectivity index (χ0) is 18.0. The maximum Gasteiger partial charge on any atom is 0.416 e. The van der Waals surface area contributed by atoms with E-state index in [1.54, 1.807) is 4.90 Å². The van der Waals surface area contributed by atoms with Crippen LogP contribution in [0.2, 0.25) is 5.02 Å². The number of anilines is 2. The molecule has 1 amide bonds. The molecule has 0 saturated carbocycles. The minimum atomic E-state index is -4.47. The number of carbonyl (C=O) groups excluding carboxylic acids is 1. The molecule has 1 aromatic heterocycles. The number of rotatable bonds is 3. The quantitative estimate of drug-likeness (QED) is 0.882. The predicted molar refractivity (Wildman–Crippen MR) is 86.9 cm³/mol. The zero-order valence-corrected chi connectivity index (χ0v) is 13.7. The summed E-state index contributed by atoms with van der Waals surface area (Å²) in [5, 5.41) is 10.5. The summed E-state index contributed by atoms with van der Waals surface area (Å²) in [4.78, 5) is 13.9. The van der Waals surface area contributed by atoms with Crippen molar-refractivity contribution < 1.29 is 18.0 Å². The van der Waals surface area contributed by atoms with Crippen LogP contribution in [0.3, 0.4) is 0 Å². The van der Waals surface area contributed by atoms with Crippen molar-refractivity contribution in [2.24, 2.45) is 0 Å². The van der Waals surface area contributed by atoms with Crippen molar-refractivity contribution in [1.82, 2.24) is 15.1 Å². The van der Waals surface area contributed by atoms with Crippen molar-refractivity contribution in [3.8, 4) is 0 Å². The van der Waals surface area contributed by atoms with Crippen LogP contribution in [0.4, 0.5) is 24.7 Å². The van der Waals surface area contributed by atoms with Gasteiger partial charge in [-0.1, -0.05) is 11.6 Å². The molecule has 2 aromatic rings. The van der Waals surface area contributed by atoms with Crippen LogP contribution in [-0.2, 0) is 6.18 Å². The summed E-state index contributed by atoms with van der Waals surface area (Å²) in [6, 6.07) is 5.92. The van der Waals surface area contributed by atoms with E-state index in [0.29, 0.717) is 13.1 Å². The van der Waals surface area contributed by atoms with E-state index in [1.165, 1.54) is 12.1 Å². The molecule has 0 aliphatic carbocycles. The first kappa shape index (κ1) is 17.5. The summed E-state index contributed by atoms with van der Waals surface area (Å²) in [6.07, 6.45) is -2.54. The van der Waals surface area contributed by atoms with Gasteiger partial charge in [-0.15, -0.1) is 10.2 Å². The molecule has 1 aliphatic rings. The van der Waals surface area contributed by atoms with Gasteiger partial charge in [-0.25, -0.2) is 0 Å². The first-order valence-corrected chi connectivity index (χ1v) is 7.99. The normalized spacial score (nSPS) is 14.6. The molecule has 0 bridgehead atoms. The van der Waals surface area contributed by atoms with Gasteiger partial charge >= 0.3 is 6.18 Å². The molecule has 0 radical (unpaired) electrons. The Morgan fingerprint density at radius 2 is 1.84 bits per heavy atom. The Hall–Kier alpha value is -2.35. The molecule has 1 aliphatic heterocycles. The number of nitrogens with one attached hydrogen (secondary N) is 1. The lowest BCUT2D eigenvalue weighted by molar-refractivity contribution is -0.137. The van der Waals surface area contributed by atoms with Gasteiger partial charge in [-0.3, -0.25) is 4.79 Å². The lowest BCUT2D eigenvalue weighted by atomic mass is 10.2. The van der Waals surface area contributed by atoms with Crippen molar-refractivity contribution >= 4 is 29.0 Å². The van der Waals surface area contributed by atoms with E-state index >= 15 is 0 Å². The molecular weight excluding hydrogens is 357 g/mol. The zero-order valence-electron chi connectivity index (χ0n) is 13.0. The van der Waals surface area contributed by atoms with E-state index in [2.05, 4.69) is 15.5 Å². The molecule has 0 unspecified atom stereocenters. The number of hydrogen-bond donors (Lipinski definition) is 1. The second-order valence-electron chi connectivity index (χ2n) is 5.62. The number of carbonyl (C=O) groups is 1. The van der Waals surface area contributed by atoms with Crippen molar-refractivity contribution in [3.05, 3.63) is 46.6 Å². The highest BCUT2D eigenvalue weighted by atomic mass is 35.5. The van der Waals surface area contributed by atoms with Crippen LogP contribution >= 0.6 is 11.6 Å². The van der Waals surface area contributed by atoms with E-state index in [1.807, 2.05) is 0 Å². The van der Waals surface area contributed by atoms with Gasteiger partial charge in [-0.05, 0) is 43.2 Å². The highest BCUT2D eigenvalue weighted by Gasteiger charge is 2.31. The predicted octanol–water partition coefficient (Wildman–Crippen LogP) is 4.13.